The van der Waals surface area contributed by atoms with Crippen LogP contribution in [0.2, 0.25) is 0 Å². The molecule has 0 aromatic carbocycles. The van der Waals surface area contributed by atoms with Crippen LogP contribution in [-0.4, -0.2) is 6.79 Å². The maximum atomic E-state index is 5.05. The molecule has 0 radical (unpaired) electrons. The van der Waals surface area contributed by atoms with E-state index in [-0.39, 0.29) is 6.79 Å². The van der Waals surface area contributed by atoms with Gasteiger partial charge in [0.2, 0.25) is 6.79 Å². The van der Waals surface area contributed by atoms with Gasteiger partial charge in [-0.1, -0.05) is 18.7 Å². The number of allylic oxidation sites excluding steroid dienone is 2. The average Bonchev–Trinajstić information content (AvgIpc) is 2.15. The Balaban J connectivity index is 2.72. The van der Waals surface area contributed by atoms with Gasteiger partial charge in [0, 0.05) is 0 Å². The largest absolute Gasteiger partial charge is 0.454 e. The van der Waals surface area contributed by atoms with Crippen molar-refractivity contribution >= 4 is 0 Å². The zero-order chi connectivity index (χ0) is 7.56. The second kappa shape index (κ2) is 2.60. The van der Waals surface area contributed by atoms with Crippen LogP contribution in [0.5, 0.6) is 0 Å². The lowest BCUT2D eigenvalue weighted by molar-refractivity contribution is 0.0980. The topological polar surface area (TPSA) is 18.5 Å². The molecule has 0 saturated carbocycles. The van der Waals surface area contributed by atoms with Crippen molar-refractivity contribution in [2.75, 3.05) is 6.79 Å². The fourth-order valence-corrected chi connectivity index (χ4v) is 0.662. The molecular formula is C8H10O2. The first-order valence-corrected chi connectivity index (χ1v) is 3.02. The third-order valence-corrected chi connectivity index (χ3v) is 1.10. The van der Waals surface area contributed by atoms with Crippen molar-refractivity contribution in [1.82, 2.24) is 0 Å². The summed E-state index contributed by atoms with van der Waals surface area (Å²) in [5, 5.41) is 0. The number of rotatable bonds is 1. The first kappa shape index (κ1) is 6.93. The van der Waals surface area contributed by atoms with E-state index in [1.165, 1.54) is 0 Å². The summed E-state index contributed by atoms with van der Waals surface area (Å²) in [6.45, 7) is 9.50. The van der Waals surface area contributed by atoms with Gasteiger partial charge >= 0.3 is 0 Å². The zero-order valence-corrected chi connectivity index (χ0v) is 6.02. The maximum absolute atomic E-state index is 5.05. The third kappa shape index (κ3) is 1.41. The SMILES string of the molecule is C=C(C)/C=C1/OCOC1=C. The van der Waals surface area contributed by atoms with Crippen molar-refractivity contribution in [3.8, 4) is 0 Å². The highest BCUT2D eigenvalue weighted by Gasteiger charge is 2.12. The normalized spacial score (nSPS) is 20.5. The van der Waals surface area contributed by atoms with Crippen molar-refractivity contribution in [2.24, 2.45) is 0 Å². The quantitative estimate of drug-likeness (QED) is 0.551. The molecule has 0 unspecified atom stereocenters. The molecule has 0 aliphatic carbocycles. The molecule has 2 nitrogen and oxygen atoms in total. The van der Waals surface area contributed by atoms with Gasteiger partial charge in [-0.15, -0.1) is 0 Å². The minimum absolute atomic E-state index is 0.276. The summed E-state index contributed by atoms with van der Waals surface area (Å²) in [5.74, 6) is 1.27. The molecule has 0 spiro atoms. The molecule has 10 heavy (non-hydrogen) atoms. The maximum Gasteiger partial charge on any atom is 0.231 e. The summed E-state index contributed by atoms with van der Waals surface area (Å²) in [6.07, 6.45) is 1.80. The van der Waals surface area contributed by atoms with Gasteiger partial charge in [0.15, 0.2) is 11.5 Å². The van der Waals surface area contributed by atoms with Gasteiger partial charge in [-0.3, -0.25) is 0 Å². The van der Waals surface area contributed by atoms with Crippen molar-refractivity contribution in [3.63, 3.8) is 0 Å². The fraction of sp³-hybridized carbons (Fsp3) is 0.250. The molecule has 1 aliphatic heterocycles. The van der Waals surface area contributed by atoms with E-state index in [0.29, 0.717) is 11.5 Å². The van der Waals surface area contributed by atoms with Crippen molar-refractivity contribution in [2.45, 2.75) is 6.92 Å². The Morgan fingerprint density at radius 3 is 2.70 bits per heavy atom. The van der Waals surface area contributed by atoms with Crippen LogP contribution in [0, 0.1) is 0 Å². The van der Waals surface area contributed by atoms with Gasteiger partial charge < -0.3 is 9.47 Å². The van der Waals surface area contributed by atoms with Crippen molar-refractivity contribution in [3.05, 3.63) is 36.3 Å². The van der Waals surface area contributed by atoms with Crippen LogP contribution < -0.4 is 0 Å². The lowest BCUT2D eigenvalue weighted by Crippen LogP contribution is -1.80. The number of hydrogen-bond donors (Lipinski definition) is 0. The van der Waals surface area contributed by atoms with Crippen LogP contribution in [0.4, 0.5) is 0 Å². The van der Waals surface area contributed by atoms with Gasteiger partial charge in [-0.05, 0) is 13.0 Å². The summed E-state index contributed by atoms with van der Waals surface area (Å²) in [7, 11) is 0. The van der Waals surface area contributed by atoms with Crippen LogP contribution in [0.25, 0.3) is 0 Å². The molecule has 1 heterocycles. The summed E-state index contributed by atoms with van der Waals surface area (Å²) in [5.41, 5.74) is 0.932. The van der Waals surface area contributed by atoms with Crippen molar-refractivity contribution < 1.29 is 9.47 Å². The highest BCUT2D eigenvalue weighted by molar-refractivity contribution is 5.27. The number of hydrogen-bond acceptors (Lipinski definition) is 2. The van der Waals surface area contributed by atoms with E-state index < -0.39 is 0 Å². The van der Waals surface area contributed by atoms with E-state index >= 15 is 0 Å². The Kier molecular flexibility index (Phi) is 1.81. The lowest BCUT2D eigenvalue weighted by atomic mass is 10.3. The van der Waals surface area contributed by atoms with Crippen LogP contribution in [0.1, 0.15) is 6.92 Å². The van der Waals surface area contributed by atoms with Gasteiger partial charge in [0.05, 0.1) is 0 Å². The Morgan fingerprint density at radius 1 is 1.60 bits per heavy atom. The Labute approximate surface area is 60.4 Å². The van der Waals surface area contributed by atoms with E-state index in [2.05, 4.69) is 13.2 Å². The Morgan fingerprint density at radius 2 is 2.30 bits per heavy atom. The van der Waals surface area contributed by atoms with Crippen LogP contribution in [0.15, 0.2) is 36.3 Å². The first-order chi connectivity index (χ1) is 4.70. The second-order valence-electron chi connectivity index (χ2n) is 2.18. The van der Waals surface area contributed by atoms with Crippen LogP contribution >= 0.6 is 0 Å². The molecule has 0 N–H and O–H groups in total. The molecule has 0 bridgehead atoms. The molecule has 2 heteroatoms. The average molecular weight is 138 g/mol. The first-order valence-electron chi connectivity index (χ1n) is 3.02. The van der Waals surface area contributed by atoms with E-state index in [9.17, 15) is 0 Å². The monoisotopic (exact) mass is 138 g/mol. The molecule has 1 rings (SSSR count). The molecule has 0 atom stereocenters. The minimum Gasteiger partial charge on any atom is -0.454 e. The lowest BCUT2D eigenvalue weighted by Gasteiger charge is -1.92. The van der Waals surface area contributed by atoms with Gasteiger partial charge in [0.1, 0.15) is 0 Å². The zero-order valence-electron chi connectivity index (χ0n) is 6.02. The molecule has 0 aromatic rings. The predicted molar refractivity (Wildman–Crippen MR) is 39.1 cm³/mol. The standard InChI is InChI=1S/C8H10O2/c1-6(2)4-8-7(3)9-5-10-8/h4H,1,3,5H2,2H3/b8-4+. The van der Waals surface area contributed by atoms with E-state index in [0.717, 1.165) is 5.57 Å². The number of ether oxygens (including phenoxy) is 2. The summed E-state index contributed by atoms with van der Waals surface area (Å²) in [4.78, 5) is 0. The summed E-state index contributed by atoms with van der Waals surface area (Å²) in [6, 6.07) is 0. The summed E-state index contributed by atoms with van der Waals surface area (Å²) >= 11 is 0. The Bertz CT molecular complexity index is 201. The molecule has 1 fully saturated rings. The van der Waals surface area contributed by atoms with Crippen LogP contribution in [-0.2, 0) is 9.47 Å². The minimum atomic E-state index is 0.276. The van der Waals surface area contributed by atoms with Gasteiger partial charge in [-0.2, -0.15) is 0 Å². The van der Waals surface area contributed by atoms with Crippen LogP contribution in [0.3, 0.4) is 0 Å². The highest BCUT2D eigenvalue weighted by atomic mass is 16.7. The smallest absolute Gasteiger partial charge is 0.231 e. The van der Waals surface area contributed by atoms with Gasteiger partial charge in [0.25, 0.3) is 0 Å². The molecule has 0 amide bonds. The Hall–Kier alpha value is -1.18. The van der Waals surface area contributed by atoms with Gasteiger partial charge in [-0.25, -0.2) is 0 Å². The predicted octanol–water partition coefficient (Wildman–Crippen LogP) is 1.96. The summed E-state index contributed by atoms with van der Waals surface area (Å²) < 4.78 is 9.99. The molecular weight excluding hydrogens is 128 g/mol. The fourth-order valence-electron chi connectivity index (χ4n) is 0.662. The highest BCUT2D eigenvalue weighted by Crippen LogP contribution is 2.19. The molecule has 1 aliphatic rings. The van der Waals surface area contributed by atoms with E-state index in [1.54, 1.807) is 6.08 Å². The van der Waals surface area contributed by atoms with E-state index in [1.807, 2.05) is 6.92 Å². The van der Waals surface area contributed by atoms with E-state index in [4.69, 9.17) is 9.47 Å². The molecule has 54 valence electrons. The van der Waals surface area contributed by atoms with Crippen molar-refractivity contribution in [1.29, 1.82) is 0 Å². The molecule has 0 aromatic heterocycles. The molecule has 1 saturated heterocycles. The third-order valence-electron chi connectivity index (χ3n) is 1.10. The second-order valence-corrected chi connectivity index (χ2v) is 2.18.